The van der Waals surface area contributed by atoms with E-state index in [0.29, 0.717) is 37.1 Å². The lowest BCUT2D eigenvalue weighted by atomic mass is 9.72. The summed E-state index contributed by atoms with van der Waals surface area (Å²) in [5, 5.41) is 20.0. The molecule has 1 aromatic carbocycles. The summed E-state index contributed by atoms with van der Waals surface area (Å²) in [6, 6.07) is 5.13. The van der Waals surface area contributed by atoms with Crippen LogP contribution < -0.4 is 27.0 Å². The zero-order chi connectivity index (χ0) is 24.3. The number of nitrogens with one attached hydrogen (secondary N) is 4. The SMILES string of the molecule is CCNC(=O)C1(C(=O)N[C@@H](CCCNC(N)=O)C(=O)Nc2ccc(CO)cc2)CCCCC1. The van der Waals surface area contributed by atoms with Gasteiger partial charge in [-0.15, -0.1) is 0 Å². The molecule has 1 atom stereocenters. The Morgan fingerprint density at radius 3 is 2.27 bits per heavy atom. The molecule has 5 amide bonds. The Morgan fingerprint density at radius 1 is 1.03 bits per heavy atom. The number of hydrogen-bond donors (Lipinski definition) is 6. The fourth-order valence-electron chi connectivity index (χ4n) is 4.05. The molecule has 1 saturated carbocycles. The molecule has 0 unspecified atom stereocenters. The minimum Gasteiger partial charge on any atom is -0.392 e. The summed E-state index contributed by atoms with van der Waals surface area (Å²) < 4.78 is 0. The van der Waals surface area contributed by atoms with Crippen molar-refractivity contribution in [3.63, 3.8) is 0 Å². The molecule has 0 radical (unpaired) electrons. The second-order valence-electron chi connectivity index (χ2n) is 8.31. The molecule has 10 heteroatoms. The summed E-state index contributed by atoms with van der Waals surface area (Å²) in [6.07, 6.45) is 4.01. The Kier molecular flexibility index (Phi) is 10.1. The average molecular weight is 462 g/mol. The van der Waals surface area contributed by atoms with Crippen LogP contribution in [0.3, 0.4) is 0 Å². The summed E-state index contributed by atoms with van der Waals surface area (Å²) in [6.45, 7) is 2.36. The van der Waals surface area contributed by atoms with Gasteiger partial charge in [-0.05, 0) is 50.3 Å². The van der Waals surface area contributed by atoms with Gasteiger partial charge in [0.25, 0.3) is 0 Å². The van der Waals surface area contributed by atoms with Gasteiger partial charge in [0.1, 0.15) is 11.5 Å². The van der Waals surface area contributed by atoms with Gasteiger partial charge < -0.3 is 32.1 Å². The maximum absolute atomic E-state index is 13.4. The normalized spacial score (nSPS) is 15.7. The third-order valence-corrected chi connectivity index (χ3v) is 5.91. The van der Waals surface area contributed by atoms with Crippen LogP contribution >= 0.6 is 0 Å². The molecular weight excluding hydrogens is 426 g/mol. The minimum atomic E-state index is -1.19. The number of aliphatic hydroxyl groups excluding tert-OH is 1. The van der Waals surface area contributed by atoms with Gasteiger partial charge in [0.2, 0.25) is 17.7 Å². The molecular formula is C23H35N5O5. The van der Waals surface area contributed by atoms with Crippen molar-refractivity contribution in [3.8, 4) is 0 Å². The number of anilines is 1. The van der Waals surface area contributed by atoms with E-state index < -0.39 is 29.3 Å². The Hall–Kier alpha value is -3.14. The molecule has 0 heterocycles. The van der Waals surface area contributed by atoms with Crippen molar-refractivity contribution in [3.05, 3.63) is 29.8 Å². The zero-order valence-corrected chi connectivity index (χ0v) is 19.1. The van der Waals surface area contributed by atoms with Crippen LogP contribution in [-0.4, -0.2) is 48.0 Å². The fraction of sp³-hybridized carbons (Fsp3) is 0.565. The van der Waals surface area contributed by atoms with Gasteiger partial charge >= 0.3 is 6.03 Å². The number of hydrogen-bond acceptors (Lipinski definition) is 5. The number of amides is 5. The first-order chi connectivity index (χ1) is 15.8. The number of carbonyl (C=O) groups is 4. The molecule has 1 aliphatic rings. The second kappa shape index (κ2) is 12.8. The predicted octanol–water partition coefficient (Wildman–Crippen LogP) is 1.14. The third-order valence-electron chi connectivity index (χ3n) is 5.91. The van der Waals surface area contributed by atoms with Gasteiger partial charge in [-0.1, -0.05) is 31.4 Å². The molecule has 0 spiro atoms. The van der Waals surface area contributed by atoms with Crippen molar-refractivity contribution in [1.82, 2.24) is 16.0 Å². The number of benzene rings is 1. The van der Waals surface area contributed by atoms with Crippen molar-refractivity contribution in [1.29, 1.82) is 0 Å². The van der Waals surface area contributed by atoms with E-state index in [0.717, 1.165) is 19.3 Å². The lowest BCUT2D eigenvalue weighted by Gasteiger charge is -2.35. The maximum atomic E-state index is 13.4. The molecule has 182 valence electrons. The molecule has 1 aliphatic carbocycles. The molecule has 0 aliphatic heterocycles. The number of primary amides is 1. The highest BCUT2D eigenvalue weighted by molar-refractivity contribution is 6.07. The highest BCUT2D eigenvalue weighted by Crippen LogP contribution is 2.37. The first-order valence-corrected chi connectivity index (χ1v) is 11.5. The molecule has 0 aromatic heterocycles. The monoisotopic (exact) mass is 461 g/mol. The smallest absolute Gasteiger partial charge is 0.312 e. The highest BCUT2D eigenvalue weighted by Gasteiger charge is 2.47. The first kappa shape index (κ1) is 26.1. The van der Waals surface area contributed by atoms with Crippen LogP contribution in [0.2, 0.25) is 0 Å². The standard InChI is InChI=1S/C23H35N5O5/c1-2-25-20(31)23(12-4-3-5-13-23)21(32)28-18(7-6-14-26-22(24)33)19(30)27-17-10-8-16(15-29)9-11-17/h8-11,18,29H,2-7,12-15H2,1H3,(H,25,31)(H,27,30)(H,28,32)(H3,24,26,33)/t18-/m0/s1. The topological polar surface area (TPSA) is 163 Å². The van der Waals surface area contributed by atoms with Crippen molar-refractivity contribution in [2.75, 3.05) is 18.4 Å². The van der Waals surface area contributed by atoms with Gasteiger partial charge in [-0.3, -0.25) is 14.4 Å². The van der Waals surface area contributed by atoms with Crippen molar-refractivity contribution < 1.29 is 24.3 Å². The second-order valence-corrected chi connectivity index (χ2v) is 8.31. The molecule has 7 N–H and O–H groups in total. The largest absolute Gasteiger partial charge is 0.392 e. The summed E-state index contributed by atoms with van der Waals surface area (Å²) in [7, 11) is 0. The van der Waals surface area contributed by atoms with E-state index in [1.807, 2.05) is 0 Å². The molecule has 33 heavy (non-hydrogen) atoms. The summed E-state index contributed by atoms with van der Waals surface area (Å²) in [5.41, 5.74) is 5.12. The number of carbonyl (C=O) groups excluding carboxylic acids is 4. The summed E-state index contributed by atoms with van der Waals surface area (Å²) in [5.74, 6) is -1.19. The highest BCUT2D eigenvalue weighted by atomic mass is 16.3. The van der Waals surface area contributed by atoms with Crippen molar-refractivity contribution in [2.45, 2.75) is 64.5 Å². The minimum absolute atomic E-state index is 0.109. The average Bonchev–Trinajstić information content (AvgIpc) is 2.81. The van der Waals surface area contributed by atoms with E-state index in [-0.39, 0.29) is 25.5 Å². The fourth-order valence-corrected chi connectivity index (χ4v) is 4.05. The molecule has 2 rings (SSSR count). The van der Waals surface area contributed by atoms with Crippen molar-refractivity contribution in [2.24, 2.45) is 11.1 Å². The lowest BCUT2D eigenvalue weighted by Crippen LogP contribution is -2.56. The Morgan fingerprint density at radius 2 is 1.70 bits per heavy atom. The van der Waals surface area contributed by atoms with E-state index in [9.17, 15) is 24.3 Å². The van der Waals surface area contributed by atoms with E-state index >= 15 is 0 Å². The van der Waals surface area contributed by atoms with E-state index in [1.54, 1.807) is 31.2 Å². The molecule has 0 bridgehead atoms. The van der Waals surface area contributed by atoms with Crippen LogP contribution in [0.4, 0.5) is 10.5 Å². The predicted molar refractivity (Wildman–Crippen MR) is 124 cm³/mol. The Balaban J connectivity index is 2.16. The van der Waals surface area contributed by atoms with Crippen LogP contribution in [-0.2, 0) is 21.0 Å². The van der Waals surface area contributed by atoms with Gasteiger partial charge in [0.15, 0.2) is 0 Å². The van der Waals surface area contributed by atoms with Crippen LogP contribution in [0.25, 0.3) is 0 Å². The number of urea groups is 1. The molecule has 1 fully saturated rings. The Bertz CT molecular complexity index is 821. The Labute approximate surface area is 194 Å². The summed E-state index contributed by atoms with van der Waals surface area (Å²) >= 11 is 0. The van der Waals surface area contributed by atoms with Crippen LogP contribution in [0, 0.1) is 5.41 Å². The van der Waals surface area contributed by atoms with E-state index in [2.05, 4.69) is 21.3 Å². The lowest BCUT2D eigenvalue weighted by molar-refractivity contribution is -0.147. The van der Waals surface area contributed by atoms with E-state index in [4.69, 9.17) is 5.73 Å². The van der Waals surface area contributed by atoms with Crippen LogP contribution in [0.5, 0.6) is 0 Å². The first-order valence-electron chi connectivity index (χ1n) is 11.5. The maximum Gasteiger partial charge on any atom is 0.312 e. The number of aliphatic hydroxyl groups is 1. The molecule has 1 aromatic rings. The number of nitrogens with two attached hydrogens (primary N) is 1. The van der Waals surface area contributed by atoms with Gasteiger partial charge in [-0.2, -0.15) is 0 Å². The van der Waals surface area contributed by atoms with Gasteiger partial charge in [0.05, 0.1) is 6.61 Å². The van der Waals surface area contributed by atoms with Gasteiger partial charge in [0, 0.05) is 18.8 Å². The van der Waals surface area contributed by atoms with Gasteiger partial charge in [-0.25, -0.2) is 4.79 Å². The van der Waals surface area contributed by atoms with Crippen molar-refractivity contribution >= 4 is 29.4 Å². The molecule has 0 saturated heterocycles. The molecule has 10 nitrogen and oxygen atoms in total. The zero-order valence-electron chi connectivity index (χ0n) is 19.1. The van der Waals surface area contributed by atoms with Crippen LogP contribution in [0.15, 0.2) is 24.3 Å². The number of rotatable bonds is 11. The van der Waals surface area contributed by atoms with E-state index in [1.165, 1.54) is 0 Å². The quantitative estimate of drug-likeness (QED) is 0.215. The van der Waals surface area contributed by atoms with Crippen LogP contribution in [0.1, 0.15) is 57.4 Å². The summed E-state index contributed by atoms with van der Waals surface area (Å²) in [4.78, 5) is 50.2. The third kappa shape index (κ3) is 7.45.